The summed E-state index contributed by atoms with van der Waals surface area (Å²) in [5, 5.41) is 30.8. The van der Waals surface area contributed by atoms with Gasteiger partial charge in [0.05, 0.1) is 11.7 Å². The van der Waals surface area contributed by atoms with Gasteiger partial charge in [-0.3, -0.25) is 14.6 Å². The number of pyridine rings is 1. The Morgan fingerprint density at radius 1 is 1.00 bits per heavy atom. The van der Waals surface area contributed by atoms with E-state index in [1.807, 2.05) is 0 Å². The number of aliphatic hydroxyl groups is 2. The first-order valence-corrected chi connectivity index (χ1v) is 10.2. The quantitative estimate of drug-likeness (QED) is 0.404. The molecule has 2 aliphatic rings. The van der Waals surface area contributed by atoms with Crippen LogP contribution in [0.5, 0.6) is 11.5 Å². The molecule has 5 rings (SSSR count). The van der Waals surface area contributed by atoms with Gasteiger partial charge in [0.25, 0.3) is 0 Å². The third kappa shape index (κ3) is 3.31. The van der Waals surface area contributed by atoms with Gasteiger partial charge in [-0.05, 0) is 6.07 Å². The third-order valence-corrected chi connectivity index (χ3v) is 5.87. The first-order chi connectivity index (χ1) is 16.1. The van der Waals surface area contributed by atoms with Crippen LogP contribution in [0.25, 0.3) is 10.9 Å². The molecule has 1 aromatic heterocycles. The van der Waals surface area contributed by atoms with Crippen molar-refractivity contribution in [2.24, 2.45) is 0 Å². The molecule has 0 amide bonds. The van der Waals surface area contributed by atoms with Gasteiger partial charge in [0.2, 0.25) is 6.29 Å². The fourth-order valence-electron chi connectivity index (χ4n) is 4.30. The molecule has 0 bridgehead atoms. The van der Waals surface area contributed by atoms with Crippen molar-refractivity contribution < 1.29 is 47.6 Å². The minimum absolute atomic E-state index is 0.0501. The highest BCUT2D eigenvalue weighted by Gasteiger charge is 2.53. The molecule has 0 spiro atoms. The molecule has 1 fully saturated rings. The average molecular weight is 475 g/mol. The maximum atomic E-state index is 13.3. The number of aliphatic hydroxyl groups excluding tert-OH is 2. The number of hydrogen-bond acceptors (Lipinski definition) is 8. The van der Waals surface area contributed by atoms with E-state index in [4.69, 9.17) is 9.47 Å². The summed E-state index contributed by atoms with van der Waals surface area (Å²) in [4.78, 5) is 30.5. The second-order valence-corrected chi connectivity index (χ2v) is 7.97. The lowest BCUT2D eigenvalue weighted by Crippen LogP contribution is -2.55. The SMILES string of the molecule is O=C1c2ccccc2C(=O)c2c1c(O)c(OC1CC(O)C(O)C(C(F)(F)F)O1)c1ncccc21. The Kier molecular flexibility index (Phi) is 5.08. The highest BCUT2D eigenvalue weighted by Crippen LogP contribution is 2.45. The summed E-state index contributed by atoms with van der Waals surface area (Å²) >= 11 is 0. The standard InChI is InChI=1S/C23H16F3NO7/c24-23(25,26)22-19(31)12(28)8-13(34-22)33-21-16-11(6-3-7-27-16)14-15(20(21)32)18(30)10-5-2-1-4-9(10)17(14)29/h1-7,12-13,19,22,28,31-32H,8H2. The third-order valence-electron chi connectivity index (χ3n) is 5.87. The van der Waals surface area contributed by atoms with Gasteiger partial charge >= 0.3 is 6.18 Å². The zero-order valence-corrected chi connectivity index (χ0v) is 17.1. The van der Waals surface area contributed by atoms with E-state index in [2.05, 4.69) is 4.98 Å². The van der Waals surface area contributed by atoms with Crippen LogP contribution >= 0.6 is 0 Å². The summed E-state index contributed by atoms with van der Waals surface area (Å²) in [6.45, 7) is 0. The van der Waals surface area contributed by atoms with Crippen molar-refractivity contribution in [1.29, 1.82) is 0 Å². The van der Waals surface area contributed by atoms with Crippen LogP contribution in [0.4, 0.5) is 13.2 Å². The highest BCUT2D eigenvalue weighted by molar-refractivity contribution is 6.33. The van der Waals surface area contributed by atoms with Crippen LogP contribution in [0.2, 0.25) is 0 Å². The predicted molar refractivity (Wildman–Crippen MR) is 109 cm³/mol. The fourth-order valence-corrected chi connectivity index (χ4v) is 4.30. The van der Waals surface area contributed by atoms with Gasteiger partial charge in [-0.1, -0.05) is 30.3 Å². The van der Waals surface area contributed by atoms with Gasteiger partial charge in [-0.2, -0.15) is 13.2 Å². The Bertz CT molecular complexity index is 1340. The largest absolute Gasteiger partial charge is 0.504 e. The van der Waals surface area contributed by atoms with Gasteiger partial charge in [0.15, 0.2) is 29.2 Å². The predicted octanol–water partition coefficient (Wildman–Crippen LogP) is 2.49. The minimum Gasteiger partial charge on any atom is -0.504 e. The van der Waals surface area contributed by atoms with Crippen molar-refractivity contribution in [2.45, 2.75) is 37.2 Å². The van der Waals surface area contributed by atoms with Gasteiger partial charge in [0.1, 0.15) is 11.6 Å². The topological polar surface area (TPSA) is 126 Å². The molecule has 176 valence electrons. The Morgan fingerprint density at radius 2 is 1.65 bits per heavy atom. The van der Waals surface area contributed by atoms with Crippen LogP contribution in [-0.2, 0) is 4.74 Å². The molecule has 0 radical (unpaired) electrons. The normalized spacial score (nSPS) is 24.6. The van der Waals surface area contributed by atoms with Crippen molar-refractivity contribution in [1.82, 2.24) is 4.98 Å². The number of hydrogen-bond donors (Lipinski definition) is 3. The molecule has 8 nitrogen and oxygen atoms in total. The summed E-state index contributed by atoms with van der Waals surface area (Å²) in [6.07, 6.45) is -12.8. The van der Waals surface area contributed by atoms with Crippen molar-refractivity contribution in [3.05, 3.63) is 64.8 Å². The molecule has 1 saturated heterocycles. The molecule has 1 aliphatic heterocycles. The fraction of sp³-hybridized carbons (Fsp3) is 0.261. The number of phenols is 1. The maximum absolute atomic E-state index is 13.3. The number of phenolic OH excluding ortho intramolecular Hbond substituents is 1. The number of ether oxygens (including phenoxy) is 2. The number of fused-ring (bicyclic) bond motifs is 4. The van der Waals surface area contributed by atoms with Crippen LogP contribution in [0.15, 0.2) is 42.6 Å². The van der Waals surface area contributed by atoms with Gasteiger partial charge < -0.3 is 24.8 Å². The lowest BCUT2D eigenvalue weighted by Gasteiger charge is -2.37. The number of ketones is 2. The Labute approximate surface area is 189 Å². The van der Waals surface area contributed by atoms with E-state index in [9.17, 15) is 38.1 Å². The highest BCUT2D eigenvalue weighted by atomic mass is 19.4. The maximum Gasteiger partial charge on any atom is 0.417 e. The Hall–Kier alpha value is -3.54. The van der Waals surface area contributed by atoms with Gasteiger partial charge in [0, 0.05) is 34.7 Å². The molecular weight excluding hydrogens is 459 g/mol. The molecule has 11 heteroatoms. The van der Waals surface area contributed by atoms with E-state index in [0.717, 1.165) is 0 Å². The van der Waals surface area contributed by atoms with E-state index >= 15 is 0 Å². The van der Waals surface area contributed by atoms with E-state index < -0.39 is 60.3 Å². The van der Waals surface area contributed by atoms with Crippen LogP contribution in [0.3, 0.4) is 0 Å². The molecule has 1 aliphatic carbocycles. The second-order valence-electron chi connectivity index (χ2n) is 7.97. The van der Waals surface area contributed by atoms with E-state index in [0.29, 0.717) is 0 Å². The first-order valence-electron chi connectivity index (χ1n) is 10.2. The van der Waals surface area contributed by atoms with Crippen LogP contribution in [-0.4, -0.2) is 62.6 Å². The average Bonchev–Trinajstić information content (AvgIpc) is 2.80. The van der Waals surface area contributed by atoms with E-state index in [1.165, 1.54) is 30.5 Å². The molecule has 3 aromatic rings. The Morgan fingerprint density at radius 3 is 2.29 bits per heavy atom. The summed E-state index contributed by atoms with van der Waals surface area (Å²) in [5.74, 6) is -2.48. The van der Waals surface area contributed by atoms with Crippen LogP contribution < -0.4 is 4.74 Å². The lowest BCUT2D eigenvalue weighted by molar-refractivity contribution is -0.314. The number of nitrogens with zero attached hydrogens (tertiary/aromatic N) is 1. The number of alkyl halides is 3. The first kappa shape index (κ1) is 22.3. The number of benzene rings is 2. The summed E-state index contributed by atoms with van der Waals surface area (Å²) in [6, 6.07) is 8.98. The monoisotopic (exact) mass is 475 g/mol. The Balaban J connectivity index is 1.65. The number of aromatic nitrogens is 1. The lowest BCUT2D eigenvalue weighted by atomic mass is 9.81. The van der Waals surface area contributed by atoms with E-state index in [1.54, 1.807) is 12.1 Å². The number of halogens is 3. The van der Waals surface area contributed by atoms with E-state index in [-0.39, 0.29) is 33.2 Å². The van der Waals surface area contributed by atoms with Crippen molar-refractivity contribution in [2.75, 3.05) is 0 Å². The summed E-state index contributed by atoms with van der Waals surface area (Å²) in [5.41, 5.74) is -0.382. The minimum atomic E-state index is -5.01. The van der Waals surface area contributed by atoms with Crippen molar-refractivity contribution >= 4 is 22.5 Å². The molecule has 0 saturated carbocycles. The molecule has 4 unspecified atom stereocenters. The molecule has 2 aromatic carbocycles. The second kappa shape index (κ2) is 7.76. The summed E-state index contributed by atoms with van der Waals surface area (Å²) in [7, 11) is 0. The molecule has 3 N–H and O–H groups in total. The van der Waals surface area contributed by atoms with Gasteiger partial charge in [-0.15, -0.1) is 0 Å². The zero-order chi connectivity index (χ0) is 24.4. The number of aromatic hydroxyl groups is 1. The number of carbonyl (C=O) groups excluding carboxylic acids is 2. The van der Waals surface area contributed by atoms with Crippen molar-refractivity contribution in [3.63, 3.8) is 0 Å². The molecule has 2 heterocycles. The molecule has 34 heavy (non-hydrogen) atoms. The van der Waals surface area contributed by atoms with Gasteiger partial charge in [-0.25, -0.2) is 0 Å². The van der Waals surface area contributed by atoms with Crippen LogP contribution in [0.1, 0.15) is 38.3 Å². The molecule has 4 atom stereocenters. The summed E-state index contributed by atoms with van der Waals surface area (Å²) < 4.78 is 50.2. The number of rotatable bonds is 2. The molecular formula is C23H16F3NO7. The number of carbonyl (C=O) groups is 2. The van der Waals surface area contributed by atoms with Crippen LogP contribution in [0, 0.1) is 0 Å². The zero-order valence-electron chi connectivity index (χ0n) is 17.1. The smallest absolute Gasteiger partial charge is 0.417 e. The van der Waals surface area contributed by atoms with Crippen molar-refractivity contribution in [3.8, 4) is 11.5 Å².